The predicted octanol–water partition coefficient (Wildman–Crippen LogP) is 5.16. The fourth-order valence-corrected chi connectivity index (χ4v) is 4.34. The first kappa shape index (κ1) is 24.1. The summed E-state index contributed by atoms with van der Waals surface area (Å²) in [4.78, 5) is 27.8. The van der Waals surface area contributed by atoms with E-state index in [2.05, 4.69) is 20.1 Å². The van der Waals surface area contributed by atoms with E-state index in [0.29, 0.717) is 23.2 Å². The lowest BCUT2D eigenvalue weighted by atomic mass is 9.84. The summed E-state index contributed by atoms with van der Waals surface area (Å²) in [7, 11) is 3.79. The minimum Gasteiger partial charge on any atom is -0.460 e. The Kier molecular flexibility index (Phi) is 8.21. The molecule has 1 aliphatic rings. The van der Waals surface area contributed by atoms with Crippen LogP contribution in [0.15, 0.2) is 16.9 Å². The molecular formula is C24H37N5O3. The maximum atomic E-state index is 12.6. The lowest BCUT2D eigenvalue weighted by Gasteiger charge is -2.23. The van der Waals surface area contributed by atoms with Crippen molar-refractivity contribution >= 4 is 11.8 Å². The molecule has 8 heteroatoms. The van der Waals surface area contributed by atoms with Crippen LogP contribution < -0.4 is 4.90 Å². The third-order valence-electron chi connectivity index (χ3n) is 5.83. The van der Waals surface area contributed by atoms with Gasteiger partial charge in [-0.3, -0.25) is 4.79 Å². The first-order chi connectivity index (χ1) is 15.2. The first-order valence-corrected chi connectivity index (χ1v) is 11.8. The first-order valence-electron chi connectivity index (χ1n) is 11.8. The summed E-state index contributed by atoms with van der Waals surface area (Å²) >= 11 is 0. The van der Waals surface area contributed by atoms with Crippen molar-refractivity contribution in [1.82, 2.24) is 20.1 Å². The fourth-order valence-electron chi connectivity index (χ4n) is 4.34. The third kappa shape index (κ3) is 7.00. The molecule has 0 spiro atoms. The molecular weight excluding hydrogens is 406 g/mol. The van der Waals surface area contributed by atoms with Crippen LogP contribution in [0.2, 0.25) is 0 Å². The van der Waals surface area contributed by atoms with Crippen LogP contribution in [0, 0.1) is 5.92 Å². The molecule has 0 aromatic carbocycles. The highest BCUT2D eigenvalue weighted by molar-refractivity contribution is 5.71. The van der Waals surface area contributed by atoms with Crippen LogP contribution in [0.3, 0.4) is 0 Å². The number of hydrogen-bond donors (Lipinski definition) is 0. The Labute approximate surface area is 191 Å². The normalized spacial score (nSPS) is 16.0. The topological polar surface area (TPSA) is 94.2 Å². The van der Waals surface area contributed by atoms with E-state index in [1.54, 1.807) is 12.4 Å². The van der Waals surface area contributed by atoms with Crippen molar-refractivity contribution in [2.24, 2.45) is 5.92 Å². The predicted molar refractivity (Wildman–Crippen MR) is 123 cm³/mol. The van der Waals surface area contributed by atoms with Crippen LogP contribution in [0.25, 0.3) is 11.5 Å². The zero-order chi connectivity index (χ0) is 23.1. The number of anilines is 1. The van der Waals surface area contributed by atoms with Crippen molar-refractivity contribution in [3.63, 3.8) is 0 Å². The molecule has 1 saturated carbocycles. The molecule has 1 aliphatic carbocycles. The highest BCUT2D eigenvalue weighted by atomic mass is 16.6. The van der Waals surface area contributed by atoms with Crippen LogP contribution in [0.4, 0.5) is 5.82 Å². The zero-order valence-corrected chi connectivity index (χ0v) is 20.1. The fraction of sp³-hybridized carbons (Fsp3) is 0.708. The lowest BCUT2D eigenvalue weighted by molar-refractivity contribution is -0.155. The molecule has 1 atom stereocenters. The van der Waals surface area contributed by atoms with Crippen LogP contribution in [0.1, 0.15) is 90.4 Å². The van der Waals surface area contributed by atoms with Crippen LogP contribution in [-0.4, -0.2) is 45.8 Å². The molecule has 3 rings (SSSR count). The summed E-state index contributed by atoms with van der Waals surface area (Å²) in [6.45, 7) is 5.64. The van der Waals surface area contributed by atoms with Gasteiger partial charge in [-0.1, -0.05) is 50.1 Å². The van der Waals surface area contributed by atoms with E-state index in [4.69, 9.17) is 9.26 Å². The van der Waals surface area contributed by atoms with E-state index in [0.717, 1.165) is 18.8 Å². The molecule has 8 nitrogen and oxygen atoms in total. The molecule has 0 saturated heterocycles. The van der Waals surface area contributed by atoms with E-state index in [1.165, 1.54) is 38.5 Å². The minimum absolute atomic E-state index is 0.172. The molecule has 0 N–H and O–H groups in total. The molecule has 32 heavy (non-hydrogen) atoms. The Hall–Kier alpha value is -2.51. The van der Waals surface area contributed by atoms with Gasteiger partial charge in [0.2, 0.25) is 11.7 Å². The average molecular weight is 444 g/mol. The molecule has 0 aliphatic heterocycles. The standard InChI is InChI=1S/C24H37N5O3/c1-24(2,3)31-19(30)16-18(13-9-12-17-10-7-6-8-11-17)23-27-21(28-32-23)20-22(29(4)5)26-15-14-25-20/h14-15,17-18H,6-13,16H2,1-5H3. The van der Waals surface area contributed by atoms with Crippen molar-refractivity contribution in [3.05, 3.63) is 18.3 Å². The van der Waals surface area contributed by atoms with Crippen LogP contribution in [0.5, 0.6) is 0 Å². The van der Waals surface area contributed by atoms with E-state index in [-0.39, 0.29) is 18.3 Å². The van der Waals surface area contributed by atoms with Gasteiger partial charge in [0, 0.05) is 32.4 Å². The largest absolute Gasteiger partial charge is 0.460 e. The van der Waals surface area contributed by atoms with E-state index >= 15 is 0 Å². The van der Waals surface area contributed by atoms with Gasteiger partial charge in [0.1, 0.15) is 5.60 Å². The Morgan fingerprint density at radius 3 is 2.59 bits per heavy atom. The van der Waals surface area contributed by atoms with Gasteiger partial charge in [-0.2, -0.15) is 4.98 Å². The highest BCUT2D eigenvalue weighted by Gasteiger charge is 2.27. The quantitative estimate of drug-likeness (QED) is 0.491. The summed E-state index contributed by atoms with van der Waals surface area (Å²) < 4.78 is 11.2. The average Bonchev–Trinajstić information content (AvgIpc) is 3.22. The number of carbonyl (C=O) groups is 1. The summed E-state index contributed by atoms with van der Waals surface area (Å²) in [5.41, 5.74) is 0.0370. The minimum atomic E-state index is -0.524. The monoisotopic (exact) mass is 443 g/mol. The second kappa shape index (κ2) is 10.9. The molecule has 2 aromatic heterocycles. The summed E-state index contributed by atoms with van der Waals surface area (Å²) in [5.74, 6) is 1.90. The number of esters is 1. The number of ether oxygens (including phenoxy) is 1. The number of aromatic nitrogens is 4. The van der Waals surface area contributed by atoms with Gasteiger partial charge in [-0.25, -0.2) is 9.97 Å². The van der Waals surface area contributed by atoms with Crippen LogP contribution >= 0.6 is 0 Å². The molecule has 2 heterocycles. The van der Waals surface area contributed by atoms with Gasteiger partial charge >= 0.3 is 5.97 Å². The van der Waals surface area contributed by atoms with E-state index < -0.39 is 5.60 Å². The molecule has 2 aromatic rings. The van der Waals surface area contributed by atoms with Gasteiger partial charge in [-0.15, -0.1) is 0 Å². The molecule has 176 valence electrons. The number of hydrogen-bond acceptors (Lipinski definition) is 8. The second-order valence-corrected chi connectivity index (χ2v) is 10.0. The van der Waals surface area contributed by atoms with Crippen molar-refractivity contribution in [1.29, 1.82) is 0 Å². The molecule has 1 fully saturated rings. The number of nitrogens with zero attached hydrogens (tertiary/aromatic N) is 5. The Morgan fingerprint density at radius 1 is 1.19 bits per heavy atom. The smallest absolute Gasteiger partial charge is 0.307 e. The van der Waals surface area contributed by atoms with Crippen molar-refractivity contribution in [2.75, 3.05) is 19.0 Å². The van der Waals surface area contributed by atoms with Gasteiger partial charge in [0.25, 0.3) is 0 Å². The third-order valence-corrected chi connectivity index (χ3v) is 5.83. The molecule has 1 unspecified atom stereocenters. The summed E-state index contributed by atoms with van der Waals surface area (Å²) in [6.07, 6.45) is 13.2. The maximum absolute atomic E-state index is 12.6. The van der Waals surface area contributed by atoms with Crippen molar-refractivity contribution < 1.29 is 14.1 Å². The zero-order valence-electron chi connectivity index (χ0n) is 20.1. The van der Waals surface area contributed by atoms with Crippen molar-refractivity contribution in [2.45, 2.75) is 90.1 Å². The van der Waals surface area contributed by atoms with Gasteiger partial charge in [0.05, 0.1) is 6.42 Å². The van der Waals surface area contributed by atoms with E-state index in [9.17, 15) is 4.79 Å². The lowest BCUT2D eigenvalue weighted by Crippen LogP contribution is -2.25. The number of carbonyl (C=O) groups excluding carboxylic acids is 1. The van der Waals surface area contributed by atoms with Gasteiger partial charge in [-0.05, 0) is 33.1 Å². The molecule has 0 radical (unpaired) electrons. The van der Waals surface area contributed by atoms with Gasteiger partial charge in [0.15, 0.2) is 11.5 Å². The van der Waals surface area contributed by atoms with Crippen LogP contribution in [-0.2, 0) is 9.53 Å². The number of rotatable bonds is 9. The summed E-state index contributed by atoms with van der Waals surface area (Å²) in [5, 5.41) is 4.16. The second-order valence-electron chi connectivity index (χ2n) is 10.0. The Morgan fingerprint density at radius 2 is 1.91 bits per heavy atom. The summed E-state index contributed by atoms with van der Waals surface area (Å²) in [6, 6.07) is 0. The SMILES string of the molecule is CN(C)c1nccnc1-c1noc(C(CCCC2CCCCC2)CC(=O)OC(C)(C)C)n1. The molecule has 0 bridgehead atoms. The molecule has 0 amide bonds. The maximum Gasteiger partial charge on any atom is 0.307 e. The Balaban J connectivity index is 1.74. The Bertz CT molecular complexity index is 869. The highest BCUT2D eigenvalue weighted by Crippen LogP contribution is 2.32. The van der Waals surface area contributed by atoms with E-state index in [1.807, 2.05) is 39.8 Å². The van der Waals surface area contributed by atoms with Crippen molar-refractivity contribution in [3.8, 4) is 11.5 Å². The van der Waals surface area contributed by atoms with Gasteiger partial charge < -0.3 is 14.2 Å².